The first-order valence-corrected chi connectivity index (χ1v) is 3.96. The highest BCUT2D eigenvalue weighted by atomic mass is 19.1. The zero-order valence-electron chi connectivity index (χ0n) is 7.85. The molecular weight excluding hydrogens is 171 g/mol. The second-order valence-corrected chi connectivity index (χ2v) is 2.96. The maximum atomic E-state index is 13.0. The average molecular weight is 182 g/mol. The van der Waals surface area contributed by atoms with Gasteiger partial charge in [0.15, 0.2) is 0 Å². The van der Waals surface area contributed by atoms with Crippen molar-refractivity contribution in [2.24, 2.45) is 0 Å². The third-order valence-corrected chi connectivity index (χ3v) is 1.71. The van der Waals surface area contributed by atoms with E-state index in [4.69, 9.17) is 4.74 Å². The average Bonchev–Trinajstić information content (AvgIpc) is 1.99. The number of aryl methyl sites for hydroxylation is 2. The van der Waals surface area contributed by atoms with E-state index in [2.05, 4.69) is 0 Å². The van der Waals surface area contributed by atoms with E-state index in [1.165, 1.54) is 19.1 Å². The van der Waals surface area contributed by atoms with E-state index in [-0.39, 0.29) is 5.82 Å². The predicted molar refractivity (Wildman–Crippen MR) is 47.2 cm³/mol. The summed E-state index contributed by atoms with van der Waals surface area (Å²) in [7, 11) is 0. The van der Waals surface area contributed by atoms with E-state index < -0.39 is 5.97 Å². The highest BCUT2D eigenvalue weighted by Gasteiger charge is 2.06. The Labute approximate surface area is 76.3 Å². The Bertz CT molecular complexity index is 345. The van der Waals surface area contributed by atoms with Crippen molar-refractivity contribution >= 4 is 5.97 Å². The van der Waals surface area contributed by atoms with Gasteiger partial charge in [0.1, 0.15) is 11.6 Å². The van der Waals surface area contributed by atoms with E-state index >= 15 is 0 Å². The Morgan fingerprint density at radius 3 is 2.46 bits per heavy atom. The van der Waals surface area contributed by atoms with E-state index in [0.717, 1.165) is 0 Å². The highest BCUT2D eigenvalue weighted by Crippen LogP contribution is 2.21. The lowest BCUT2D eigenvalue weighted by molar-refractivity contribution is -0.131. The van der Waals surface area contributed by atoms with Gasteiger partial charge in [-0.15, -0.1) is 0 Å². The maximum Gasteiger partial charge on any atom is 0.308 e. The van der Waals surface area contributed by atoms with Crippen LogP contribution in [0.4, 0.5) is 4.39 Å². The van der Waals surface area contributed by atoms with E-state index in [1.54, 1.807) is 13.8 Å². The number of esters is 1. The van der Waals surface area contributed by atoms with Crippen LogP contribution < -0.4 is 4.74 Å². The molecule has 0 aliphatic rings. The molecule has 2 nitrogen and oxygen atoms in total. The Hall–Kier alpha value is -1.38. The number of ether oxygens (including phenoxy) is 1. The summed E-state index contributed by atoms with van der Waals surface area (Å²) in [6.07, 6.45) is 0. The second-order valence-electron chi connectivity index (χ2n) is 2.96. The van der Waals surface area contributed by atoms with Crippen LogP contribution in [0.3, 0.4) is 0 Å². The Kier molecular flexibility index (Phi) is 2.66. The van der Waals surface area contributed by atoms with Gasteiger partial charge in [-0.2, -0.15) is 0 Å². The number of carbonyl (C=O) groups excluding carboxylic acids is 1. The molecule has 0 aromatic heterocycles. The smallest absolute Gasteiger partial charge is 0.308 e. The minimum atomic E-state index is -0.394. The molecule has 0 heterocycles. The van der Waals surface area contributed by atoms with Crippen LogP contribution in [0.5, 0.6) is 5.75 Å². The molecule has 70 valence electrons. The van der Waals surface area contributed by atoms with E-state index in [9.17, 15) is 9.18 Å². The van der Waals surface area contributed by atoms with Crippen molar-refractivity contribution in [1.82, 2.24) is 0 Å². The lowest BCUT2D eigenvalue weighted by Gasteiger charge is -2.06. The molecule has 0 atom stereocenters. The number of benzene rings is 1. The quantitative estimate of drug-likeness (QED) is 0.492. The van der Waals surface area contributed by atoms with E-state index in [1.807, 2.05) is 0 Å². The standard InChI is InChI=1S/C10H11FO2/c1-6-5-10(13-8(3)12)7(2)4-9(6)11/h4-5H,1-3H3. The molecule has 0 saturated carbocycles. The fourth-order valence-corrected chi connectivity index (χ4v) is 1.02. The number of hydrogen-bond acceptors (Lipinski definition) is 2. The summed E-state index contributed by atoms with van der Waals surface area (Å²) in [5.41, 5.74) is 1.10. The van der Waals surface area contributed by atoms with Crippen LogP contribution in [0.1, 0.15) is 18.1 Å². The van der Waals surface area contributed by atoms with Crippen molar-refractivity contribution in [3.8, 4) is 5.75 Å². The van der Waals surface area contributed by atoms with Crippen molar-refractivity contribution < 1.29 is 13.9 Å². The summed E-state index contributed by atoms with van der Waals surface area (Å²) in [5, 5.41) is 0. The van der Waals surface area contributed by atoms with Gasteiger partial charge < -0.3 is 4.74 Å². The summed E-state index contributed by atoms with van der Waals surface area (Å²) in [5.74, 6) is -0.256. The lowest BCUT2D eigenvalue weighted by atomic mass is 10.1. The van der Waals surface area contributed by atoms with Crippen molar-refractivity contribution in [3.63, 3.8) is 0 Å². The van der Waals surface area contributed by atoms with Gasteiger partial charge >= 0.3 is 5.97 Å². The van der Waals surface area contributed by atoms with Crippen LogP contribution in [-0.4, -0.2) is 5.97 Å². The fraction of sp³-hybridized carbons (Fsp3) is 0.300. The minimum Gasteiger partial charge on any atom is -0.426 e. The molecule has 3 heteroatoms. The molecular formula is C10H11FO2. The van der Waals surface area contributed by atoms with Crippen LogP contribution >= 0.6 is 0 Å². The zero-order valence-corrected chi connectivity index (χ0v) is 7.85. The first kappa shape index (κ1) is 9.71. The minimum absolute atomic E-state index is 0.284. The molecule has 0 amide bonds. The summed E-state index contributed by atoms with van der Waals surface area (Å²) < 4.78 is 17.8. The molecule has 0 N–H and O–H groups in total. The molecule has 0 saturated heterocycles. The van der Waals surface area contributed by atoms with Crippen molar-refractivity contribution in [2.75, 3.05) is 0 Å². The molecule has 0 aliphatic heterocycles. The van der Waals surface area contributed by atoms with Gasteiger partial charge in [0.2, 0.25) is 0 Å². The fourth-order valence-electron chi connectivity index (χ4n) is 1.02. The molecule has 0 bridgehead atoms. The number of carbonyl (C=O) groups is 1. The van der Waals surface area contributed by atoms with Crippen LogP contribution in [-0.2, 0) is 4.79 Å². The molecule has 1 aromatic carbocycles. The molecule has 13 heavy (non-hydrogen) atoms. The van der Waals surface area contributed by atoms with Gasteiger partial charge in [-0.25, -0.2) is 4.39 Å². The molecule has 0 aliphatic carbocycles. The van der Waals surface area contributed by atoms with E-state index in [0.29, 0.717) is 16.9 Å². The molecule has 0 unspecified atom stereocenters. The third-order valence-electron chi connectivity index (χ3n) is 1.71. The summed E-state index contributed by atoms with van der Waals surface area (Å²) in [6.45, 7) is 4.64. The first-order valence-electron chi connectivity index (χ1n) is 3.96. The van der Waals surface area contributed by atoms with Gasteiger partial charge in [0.05, 0.1) is 0 Å². The Morgan fingerprint density at radius 1 is 1.31 bits per heavy atom. The SMILES string of the molecule is CC(=O)Oc1cc(C)c(F)cc1C. The van der Waals surface area contributed by atoms with Gasteiger partial charge in [-0.3, -0.25) is 4.79 Å². The zero-order chi connectivity index (χ0) is 10.0. The van der Waals surface area contributed by atoms with Gasteiger partial charge in [0, 0.05) is 6.92 Å². The summed E-state index contributed by atoms with van der Waals surface area (Å²) in [4.78, 5) is 10.6. The Balaban J connectivity index is 3.08. The lowest BCUT2D eigenvalue weighted by Crippen LogP contribution is -2.03. The van der Waals surface area contributed by atoms with Crippen molar-refractivity contribution in [1.29, 1.82) is 0 Å². The predicted octanol–water partition coefficient (Wildman–Crippen LogP) is 2.37. The molecule has 0 spiro atoms. The van der Waals surface area contributed by atoms with Crippen LogP contribution in [0.25, 0.3) is 0 Å². The normalized spacial score (nSPS) is 9.85. The monoisotopic (exact) mass is 182 g/mol. The number of rotatable bonds is 1. The molecule has 0 fully saturated rings. The number of halogens is 1. The summed E-state index contributed by atoms with van der Waals surface area (Å²) in [6, 6.07) is 2.87. The van der Waals surface area contributed by atoms with Crippen LogP contribution in [0, 0.1) is 19.7 Å². The van der Waals surface area contributed by atoms with Crippen LogP contribution in [0.15, 0.2) is 12.1 Å². The van der Waals surface area contributed by atoms with Gasteiger partial charge in [-0.1, -0.05) is 0 Å². The topological polar surface area (TPSA) is 26.3 Å². The Morgan fingerprint density at radius 2 is 1.92 bits per heavy atom. The molecule has 0 radical (unpaired) electrons. The van der Waals surface area contributed by atoms with Crippen molar-refractivity contribution in [3.05, 3.63) is 29.1 Å². The van der Waals surface area contributed by atoms with Crippen molar-refractivity contribution in [2.45, 2.75) is 20.8 Å². The van der Waals surface area contributed by atoms with Crippen LogP contribution in [0.2, 0.25) is 0 Å². The highest BCUT2D eigenvalue weighted by molar-refractivity contribution is 5.69. The molecule has 1 aromatic rings. The first-order chi connectivity index (χ1) is 6.00. The third kappa shape index (κ3) is 2.28. The number of hydrogen-bond donors (Lipinski definition) is 0. The maximum absolute atomic E-state index is 13.0. The second kappa shape index (κ2) is 3.56. The van der Waals surface area contributed by atoms with Gasteiger partial charge in [-0.05, 0) is 37.1 Å². The largest absolute Gasteiger partial charge is 0.426 e. The summed E-state index contributed by atoms with van der Waals surface area (Å²) >= 11 is 0. The van der Waals surface area contributed by atoms with Gasteiger partial charge in [0.25, 0.3) is 0 Å². The molecule has 1 rings (SSSR count).